The Morgan fingerprint density at radius 2 is 1.81 bits per heavy atom. The third-order valence-corrected chi connectivity index (χ3v) is 5.50. The van der Waals surface area contributed by atoms with Crippen molar-refractivity contribution in [3.05, 3.63) is 81.2 Å². The van der Waals surface area contributed by atoms with E-state index in [1.807, 2.05) is 6.07 Å². The number of hydrogen-bond acceptors (Lipinski definition) is 2. The molecule has 1 aromatic heterocycles. The summed E-state index contributed by atoms with van der Waals surface area (Å²) in [7, 11) is 0. The summed E-state index contributed by atoms with van der Waals surface area (Å²) >= 11 is 0. The predicted octanol–water partition coefficient (Wildman–Crippen LogP) is 4.99. The van der Waals surface area contributed by atoms with Crippen LogP contribution in [0.3, 0.4) is 0 Å². The second-order valence-electron chi connectivity index (χ2n) is 7.36. The number of nitrogens with zero attached hydrogens (tertiary/aromatic N) is 1. The summed E-state index contributed by atoms with van der Waals surface area (Å²) in [5.74, 6) is 1.10. The van der Waals surface area contributed by atoms with Gasteiger partial charge >= 0.3 is 0 Å². The van der Waals surface area contributed by atoms with Crippen molar-refractivity contribution >= 4 is 0 Å². The van der Waals surface area contributed by atoms with Crippen LogP contribution in [0.5, 0.6) is 5.75 Å². The largest absolute Gasteiger partial charge is 0.488 e. The van der Waals surface area contributed by atoms with E-state index in [-0.39, 0.29) is 0 Å². The summed E-state index contributed by atoms with van der Waals surface area (Å²) in [4.78, 5) is 0. The van der Waals surface area contributed by atoms with Crippen molar-refractivity contribution < 1.29 is 4.74 Å². The van der Waals surface area contributed by atoms with E-state index in [1.165, 1.54) is 45.5 Å². The topological polar surface area (TPSA) is 37.9 Å². The number of H-pyrrole nitrogens is 1. The number of rotatable bonds is 5. The van der Waals surface area contributed by atoms with Gasteiger partial charge in [-0.1, -0.05) is 36.4 Å². The molecule has 1 N–H and O–H groups in total. The minimum absolute atomic E-state index is 0.632. The van der Waals surface area contributed by atoms with Crippen molar-refractivity contribution in [1.29, 1.82) is 0 Å². The number of benzene rings is 2. The molecule has 3 heteroatoms. The van der Waals surface area contributed by atoms with Gasteiger partial charge in [-0.2, -0.15) is 5.10 Å². The highest BCUT2D eigenvalue weighted by Gasteiger charge is 2.23. The molecule has 26 heavy (non-hydrogen) atoms. The fourth-order valence-corrected chi connectivity index (χ4v) is 4.11. The van der Waals surface area contributed by atoms with Crippen molar-refractivity contribution in [3.63, 3.8) is 0 Å². The minimum Gasteiger partial charge on any atom is -0.488 e. The smallest absolute Gasteiger partial charge is 0.126 e. The molecule has 134 valence electrons. The molecule has 3 nitrogen and oxygen atoms in total. The lowest BCUT2D eigenvalue weighted by Crippen LogP contribution is -2.04. The molecule has 0 saturated heterocycles. The number of fused-ring (bicyclic) bond motifs is 1. The van der Waals surface area contributed by atoms with Gasteiger partial charge in [0.1, 0.15) is 12.4 Å². The maximum absolute atomic E-state index is 6.28. The Morgan fingerprint density at radius 1 is 1.04 bits per heavy atom. The van der Waals surface area contributed by atoms with Crippen LogP contribution in [0.15, 0.2) is 36.4 Å². The summed E-state index contributed by atoms with van der Waals surface area (Å²) < 4.78 is 6.28. The first-order chi connectivity index (χ1) is 12.6. The van der Waals surface area contributed by atoms with Crippen LogP contribution in [0.25, 0.3) is 0 Å². The summed E-state index contributed by atoms with van der Waals surface area (Å²) in [6.07, 6.45) is 4.45. The van der Waals surface area contributed by atoms with Crippen molar-refractivity contribution in [1.82, 2.24) is 10.2 Å². The van der Waals surface area contributed by atoms with Crippen molar-refractivity contribution in [2.75, 3.05) is 0 Å². The summed E-state index contributed by atoms with van der Waals surface area (Å²) in [6.45, 7) is 7.01. The normalized spacial score (nSPS) is 13.0. The molecule has 0 atom stereocenters. The van der Waals surface area contributed by atoms with E-state index < -0.39 is 0 Å². The van der Waals surface area contributed by atoms with Crippen molar-refractivity contribution in [3.8, 4) is 5.75 Å². The number of hydrogen-bond donors (Lipinski definition) is 1. The highest BCUT2D eigenvalue weighted by atomic mass is 16.5. The Kier molecular flexibility index (Phi) is 4.54. The fraction of sp³-hybridized carbons (Fsp3) is 0.348. The van der Waals surface area contributed by atoms with Crippen LogP contribution in [0.2, 0.25) is 0 Å². The quantitative estimate of drug-likeness (QED) is 0.706. The second kappa shape index (κ2) is 6.99. The zero-order valence-corrected chi connectivity index (χ0v) is 15.9. The lowest BCUT2D eigenvalue weighted by Gasteiger charge is -2.18. The molecule has 0 radical (unpaired) electrons. The Morgan fingerprint density at radius 3 is 2.54 bits per heavy atom. The molecule has 1 heterocycles. The number of aromatic amines is 1. The van der Waals surface area contributed by atoms with Gasteiger partial charge in [0.25, 0.3) is 0 Å². The molecular formula is C23H26N2O. The fourth-order valence-electron chi connectivity index (χ4n) is 4.11. The monoisotopic (exact) mass is 346 g/mol. The van der Waals surface area contributed by atoms with E-state index in [4.69, 9.17) is 4.74 Å². The minimum atomic E-state index is 0.632. The number of nitrogens with one attached hydrogen (secondary N) is 1. The van der Waals surface area contributed by atoms with Crippen LogP contribution in [0.1, 0.15) is 51.2 Å². The molecule has 0 bridgehead atoms. The molecule has 3 aromatic rings. The summed E-state index contributed by atoms with van der Waals surface area (Å²) in [5, 5.41) is 7.47. The summed E-state index contributed by atoms with van der Waals surface area (Å²) in [6, 6.07) is 12.7. The first-order valence-electron chi connectivity index (χ1n) is 9.45. The Balaban J connectivity index is 1.65. The number of aryl methyl sites for hydroxylation is 3. The van der Waals surface area contributed by atoms with E-state index in [0.717, 1.165) is 30.7 Å². The van der Waals surface area contributed by atoms with Crippen LogP contribution in [-0.2, 0) is 25.9 Å². The molecule has 0 aliphatic heterocycles. The van der Waals surface area contributed by atoms with Crippen LogP contribution in [0, 0.1) is 20.8 Å². The van der Waals surface area contributed by atoms with Crippen molar-refractivity contribution in [2.45, 2.75) is 53.1 Å². The SMILES string of the molecule is Cc1cc(Cc2c(C)n[nH]c2C)c2c(c1OCc1ccccc1)CCC2. The first kappa shape index (κ1) is 16.9. The first-order valence-corrected chi connectivity index (χ1v) is 9.45. The molecule has 2 aromatic carbocycles. The third kappa shape index (κ3) is 3.14. The van der Waals surface area contributed by atoms with Gasteiger partial charge in [-0.15, -0.1) is 0 Å². The Hall–Kier alpha value is -2.55. The van der Waals surface area contributed by atoms with E-state index in [9.17, 15) is 0 Å². The zero-order valence-electron chi connectivity index (χ0n) is 15.9. The highest BCUT2D eigenvalue weighted by Crippen LogP contribution is 2.37. The van der Waals surface area contributed by atoms with Gasteiger partial charge in [-0.05, 0) is 67.9 Å². The zero-order chi connectivity index (χ0) is 18.1. The molecule has 4 rings (SSSR count). The number of aromatic nitrogens is 2. The molecular weight excluding hydrogens is 320 g/mol. The maximum atomic E-state index is 6.28. The van der Waals surface area contributed by atoms with Crippen LogP contribution >= 0.6 is 0 Å². The van der Waals surface area contributed by atoms with Gasteiger partial charge in [0.15, 0.2) is 0 Å². The lowest BCUT2D eigenvalue weighted by atomic mass is 9.93. The van der Waals surface area contributed by atoms with Gasteiger partial charge in [0.2, 0.25) is 0 Å². The highest BCUT2D eigenvalue weighted by molar-refractivity contribution is 5.54. The summed E-state index contributed by atoms with van der Waals surface area (Å²) in [5.41, 5.74) is 10.4. The second-order valence-corrected chi connectivity index (χ2v) is 7.36. The molecule has 0 spiro atoms. The van der Waals surface area contributed by atoms with Crippen molar-refractivity contribution in [2.24, 2.45) is 0 Å². The standard InChI is InChI=1S/C23H26N2O/c1-15-12-19(13-22-16(2)24-25-17(22)3)20-10-7-11-21(20)23(15)26-14-18-8-5-4-6-9-18/h4-6,8-9,12H,7,10-11,13-14H2,1-3H3,(H,24,25). The van der Waals surface area contributed by atoms with Gasteiger partial charge in [-0.3, -0.25) is 5.10 Å². The van der Waals surface area contributed by atoms with Crippen LogP contribution in [0.4, 0.5) is 0 Å². The number of ether oxygens (including phenoxy) is 1. The Labute approximate surface area is 155 Å². The van der Waals surface area contributed by atoms with E-state index in [0.29, 0.717) is 6.61 Å². The molecule has 0 unspecified atom stereocenters. The molecule has 1 aliphatic carbocycles. The lowest BCUT2D eigenvalue weighted by molar-refractivity contribution is 0.301. The predicted molar refractivity (Wildman–Crippen MR) is 105 cm³/mol. The van der Waals surface area contributed by atoms with Crippen LogP contribution < -0.4 is 4.74 Å². The molecule has 0 amide bonds. The Bertz CT molecular complexity index is 906. The van der Waals surface area contributed by atoms with E-state index in [1.54, 1.807) is 0 Å². The van der Waals surface area contributed by atoms with E-state index in [2.05, 4.69) is 61.3 Å². The molecule has 0 saturated carbocycles. The van der Waals surface area contributed by atoms with Gasteiger partial charge in [0, 0.05) is 17.7 Å². The van der Waals surface area contributed by atoms with Gasteiger partial charge in [0.05, 0.1) is 5.69 Å². The van der Waals surface area contributed by atoms with E-state index >= 15 is 0 Å². The third-order valence-electron chi connectivity index (χ3n) is 5.50. The van der Waals surface area contributed by atoms with Gasteiger partial charge < -0.3 is 4.74 Å². The van der Waals surface area contributed by atoms with Gasteiger partial charge in [-0.25, -0.2) is 0 Å². The average Bonchev–Trinajstić information content (AvgIpc) is 3.24. The molecule has 0 fully saturated rings. The van der Waals surface area contributed by atoms with Crippen LogP contribution in [-0.4, -0.2) is 10.2 Å². The molecule has 1 aliphatic rings. The maximum Gasteiger partial charge on any atom is 0.126 e. The average molecular weight is 346 g/mol.